The number of ether oxygens (including phenoxy) is 2. The number of hydrogen-bond acceptors (Lipinski definition) is 4. The number of hydrogen-bond donors (Lipinski definition) is 0. The van der Waals surface area contributed by atoms with E-state index in [2.05, 4.69) is 0 Å². The second-order valence-electron chi connectivity index (χ2n) is 4.82. The van der Waals surface area contributed by atoms with Crippen LogP contribution in [0.3, 0.4) is 0 Å². The maximum absolute atomic E-state index is 11.7. The molecule has 2 aliphatic rings. The lowest BCUT2D eigenvalue weighted by atomic mass is 9.67. The third-order valence-electron chi connectivity index (χ3n) is 3.99. The molecule has 18 heavy (non-hydrogen) atoms. The minimum absolute atomic E-state index is 0.0807. The molecule has 0 bridgehead atoms. The molecule has 4 heteroatoms. The molecular formula is C14H14O4. The number of benzene rings is 1. The summed E-state index contributed by atoms with van der Waals surface area (Å²) in [5, 5.41) is 0. The van der Waals surface area contributed by atoms with Crippen LogP contribution in [0.5, 0.6) is 5.75 Å². The molecule has 0 saturated heterocycles. The van der Waals surface area contributed by atoms with Gasteiger partial charge in [-0.25, -0.2) is 0 Å². The van der Waals surface area contributed by atoms with E-state index in [0.29, 0.717) is 5.75 Å². The average Bonchev–Trinajstić information content (AvgIpc) is 2.71. The number of para-hydroxylation sites is 1. The number of carbonyl (C=O) groups is 2. The minimum Gasteiger partial charge on any atom is -0.488 e. The molecule has 1 aliphatic carbocycles. The number of Topliss-reactive ketones (excluding diaryl/α,β-unsaturated/α-hetero) is 1. The van der Waals surface area contributed by atoms with Crippen molar-refractivity contribution in [3.8, 4) is 5.75 Å². The summed E-state index contributed by atoms with van der Waals surface area (Å²) in [4.78, 5) is 23.4. The number of carbonyl (C=O) groups excluding carboxylic acids is 2. The fraction of sp³-hybridized carbons (Fsp3) is 0.429. The summed E-state index contributed by atoms with van der Waals surface area (Å²) in [5.41, 5.74) is 0.00329. The topological polar surface area (TPSA) is 52.6 Å². The third kappa shape index (κ3) is 1.29. The normalized spacial score (nSPS) is 33.5. The molecule has 1 saturated carbocycles. The first-order chi connectivity index (χ1) is 8.72. The molecule has 0 radical (unpaired) electrons. The molecule has 3 rings (SSSR count). The molecule has 1 aromatic rings. The lowest BCUT2D eigenvalue weighted by molar-refractivity contribution is -0.137. The van der Waals surface area contributed by atoms with E-state index in [1.807, 2.05) is 24.3 Å². The van der Waals surface area contributed by atoms with Gasteiger partial charge >= 0.3 is 0 Å². The Balaban J connectivity index is 2.17. The van der Waals surface area contributed by atoms with E-state index in [9.17, 15) is 9.59 Å². The first kappa shape index (κ1) is 11.4. The molecule has 1 aromatic carbocycles. The second kappa shape index (κ2) is 3.92. The standard InChI is InChI=1S/C14H14O4/c1-17-12-6-9(16)7-13-14(12,8-15)10-4-2-3-5-11(10)18-13/h2-5,8,12-13H,6-7H2,1H3/t12-,13-,14+/m0/s1. The van der Waals surface area contributed by atoms with Gasteiger partial charge in [-0.3, -0.25) is 4.79 Å². The Hall–Kier alpha value is -1.68. The molecule has 4 nitrogen and oxygen atoms in total. The van der Waals surface area contributed by atoms with E-state index >= 15 is 0 Å². The maximum atomic E-state index is 11.7. The highest BCUT2D eigenvalue weighted by atomic mass is 16.5. The van der Waals surface area contributed by atoms with Crippen LogP contribution in [-0.2, 0) is 19.7 Å². The highest BCUT2D eigenvalue weighted by Crippen LogP contribution is 2.49. The Morgan fingerprint density at radius 2 is 2.17 bits per heavy atom. The Morgan fingerprint density at radius 3 is 2.89 bits per heavy atom. The Bertz CT molecular complexity index is 498. The van der Waals surface area contributed by atoms with Gasteiger partial charge in [-0.05, 0) is 6.07 Å². The van der Waals surface area contributed by atoms with Gasteiger partial charge in [-0.15, -0.1) is 0 Å². The summed E-state index contributed by atoms with van der Waals surface area (Å²) in [7, 11) is 1.53. The first-order valence-corrected chi connectivity index (χ1v) is 5.99. The Kier molecular flexibility index (Phi) is 2.48. The number of fused-ring (bicyclic) bond motifs is 3. The zero-order chi connectivity index (χ0) is 12.8. The quantitative estimate of drug-likeness (QED) is 0.737. The number of rotatable bonds is 2. The fourth-order valence-corrected chi connectivity index (χ4v) is 3.10. The average molecular weight is 246 g/mol. The van der Waals surface area contributed by atoms with Gasteiger partial charge in [0.05, 0.1) is 6.10 Å². The molecule has 0 aromatic heterocycles. The van der Waals surface area contributed by atoms with Crippen LogP contribution in [0.1, 0.15) is 18.4 Å². The van der Waals surface area contributed by atoms with Gasteiger partial charge in [0.25, 0.3) is 0 Å². The molecule has 1 fully saturated rings. The van der Waals surface area contributed by atoms with Crippen molar-refractivity contribution in [3.05, 3.63) is 29.8 Å². The molecule has 3 atom stereocenters. The predicted molar refractivity (Wildman–Crippen MR) is 63.6 cm³/mol. The van der Waals surface area contributed by atoms with Crippen molar-refractivity contribution in [3.63, 3.8) is 0 Å². The molecule has 1 heterocycles. The van der Waals surface area contributed by atoms with Crippen molar-refractivity contribution in [2.24, 2.45) is 0 Å². The van der Waals surface area contributed by atoms with Crippen LogP contribution >= 0.6 is 0 Å². The van der Waals surface area contributed by atoms with E-state index < -0.39 is 17.6 Å². The summed E-state index contributed by atoms with van der Waals surface area (Å²) >= 11 is 0. The molecule has 94 valence electrons. The van der Waals surface area contributed by atoms with Gasteiger partial charge in [0.1, 0.15) is 29.3 Å². The van der Waals surface area contributed by atoms with E-state index in [4.69, 9.17) is 9.47 Å². The Morgan fingerprint density at radius 1 is 1.39 bits per heavy atom. The number of methoxy groups -OCH3 is 1. The van der Waals surface area contributed by atoms with Crippen molar-refractivity contribution in [2.45, 2.75) is 30.5 Å². The van der Waals surface area contributed by atoms with Crippen LogP contribution in [-0.4, -0.2) is 31.4 Å². The predicted octanol–water partition coefficient (Wildman–Crippen LogP) is 1.26. The summed E-state index contributed by atoms with van der Waals surface area (Å²) in [5.74, 6) is 0.767. The van der Waals surface area contributed by atoms with Crippen LogP contribution in [0, 0.1) is 0 Å². The summed E-state index contributed by atoms with van der Waals surface area (Å²) < 4.78 is 11.2. The largest absolute Gasteiger partial charge is 0.488 e. The highest BCUT2D eigenvalue weighted by molar-refractivity contribution is 5.87. The van der Waals surface area contributed by atoms with Gasteiger partial charge < -0.3 is 14.3 Å². The molecular weight excluding hydrogens is 232 g/mol. The van der Waals surface area contributed by atoms with E-state index in [1.165, 1.54) is 7.11 Å². The number of ketones is 1. The summed E-state index contributed by atoms with van der Waals surface area (Å²) in [6.07, 6.45) is 0.560. The van der Waals surface area contributed by atoms with Crippen molar-refractivity contribution in [1.82, 2.24) is 0 Å². The third-order valence-corrected chi connectivity index (χ3v) is 3.99. The SMILES string of the molecule is CO[C@H]1CC(=O)C[C@@H]2Oc3ccccc3[C@]12C=O. The zero-order valence-electron chi connectivity index (χ0n) is 10.1. The smallest absolute Gasteiger partial charge is 0.139 e. The van der Waals surface area contributed by atoms with Gasteiger partial charge in [-0.2, -0.15) is 0 Å². The maximum Gasteiger partial charge on any atom is 0.139 e. The molecule has 0 amide bonds. The van der Waals surface area contributed by atoms with Crippen LogP contribution in [0.25, 0.3) is 0 Å². The van der Waals surface area contributed by atoms with Crippen LogP contribution < -0.4 is 4.74 Å². The van der Waals surface area contributed by atoms with Crippen molar-refractivity contribution in [2.75, 3.05) is 7.11 Å². The van der Waals surface area contributed by atoms with Crippen LogP contribution in [0.2, 0.25) is 0 Å². The van der Waals surface area contributed by atoms with Gasteiger partial charge in [0, 0.05) is 25.5 Å². The molecule has 0 unspecified atom stereocenters. The van der Waals surface area contributed by atoms with E-state index in [1.54, 1.807) is 0 Å². The highest BCUT2D eigenvalue weighted by Gasteiger charge is 2.58. The minimum atomic E-state index is -0.834. The fourth-order valence-electron chi connectivity index (χ4n) is 3.10. The molecule has 0 N–H and O–H groups in total. The van der Waals surface area contributed by atoms with Gasteiger partial charge in [0.15, 0.2) is 0 Å². The van der Waals surface area contributed by atoms with Crippen molar-refractivity contribution in [1.29, 1.82) is 0 Å². The van der Waals surface area contributed by atoms with Crippen molar-refractivity contribution >= 4 is 12.1 Å². The second-order valence-corrected chi connectivity index (χ2v) is 4.82. The number of aldehydes is 1. The van der Waals surface area contributed by atoms with Gasteiger partial charge in [0.2, 0.25) is 0 Å². The monoisotopic (exact) mass is 246 g/mol. The van der Waals surface area contributed by atoms with Crippen molar-refractivity contribution < 1.29 is 19.1 Å². The zero-order valence-corrected chi connectivity index (χ0v) is 10.1. The lowest BCUT2D eigenvalue weighted by Gasteiger charge is -2.38. The van der Waals surface area contributed by atoms with Gasteiger partial charge in [-0.1, -0.05) is 18.2 Å². The lowest BCUT2D eigenvalue weighted by Crippen LogP contribution is -2.55. The summed E-state index contributed by atoms with van der Waals surface area (Å²) in [6, 6.07) is 7.44. The van der Waals surface area contributed by atoms with E-state index in [0.717, 1.165) is 11.8 Å². The molecule has 0 spiro atoms. The van der Waals surface area contributed by atoms with Crippen LogP contribution in [0.4, 0.5) is 0 Å². The first-order valence-electron chi connectivity index (χ1n) is 5.99. The molecule has 1 aliphatic heterocycles. The Labute approximate surface area is 105 Å². The van der Waals surface area contributed by atoms with Crippen LogP contribution in [0.15, 0.2) is 24.3 Å². The summed E-state index contributed by atoms with van der Waals surface area (Å²) in [6.45, 7) is 0. The van der Waals surface area contributed by atoms with E-state index in [-0.39, 0.29) is 18.6 Å².